The van der Waals surface area contributed by atoms with E-state index in [0.29, 0.717) is 5.71 Å². The summed E-state index contributed by atoms with van der Waals surface area (Å²) in [5.74, 6) is 0. The van der Waals surface area contributed by atoms with Crippen LogP contribution in [0.2, 0.25) is 0 Å². The minimum Gasteiger partial charge on any atom is -0.325 e. The first-order chi connectivity index (χ1) is 5.70. The molecule has 0 atom stereocenters. The van der Waals surface area contributed by atoms with Gasteiger partial charge >= 0.3 is 0 Å². The van der Waals surface area contributed by atoms with E-state index in [1.807, 2.05) is 0 Å². The third-order valence-corrected chi connectivity index (χ3v) is 1.10. The van der Waals surface area contributed by atoms with Gasteiger partial charge in [0.15, 0.2) is 0 Å². The first-order valence-electron chi connectivity index (χ1n) is 3.53. The van der Waals surface area contributed by atoms with E-state index in [2.05, 4.69) is 11.6 Å². The summed E-state index contributed by atoms with van der Waals surface area (Å²) in [5, 5.41) is 0. The maximum Gasteiger partial charge on any atom is 0.242 e. The number of nitrogens with two attached hydrogens (primary N) is 1. The molecule has 0 unspecified atom stereocenters. The summed E-state index contributed by atoms with van der Waals surface area (Å²) in [6, 6.07) is 0. The summed E-state index contributed by atoms with van der Waals surface area (Å²) in [7, 11) is 0. The average Bonchev–Trinajstić information content (AvgIpc) is 2.04. The van der Waals surface area contributed by atoms with Gasteiger partial charge in [0.1, 0.15) is 0 Å². The third-order valence-electron chi connectivity index (χ3n) is 1.10. The van der Waals surface area contributed by atoms with Crippen molar-refractivity contribution < 1.29 is 8.78 Å². The van der Waals surface area contributed by atoms with E-state index < -0.39 is 6.43 Å². The molecule has 2 nitrogen and oxygen atoms in total. The van der Waals surface area contributed by atoms with E-state index in [4.69, 9.17) is 5.73 Å². The van der Waals surface area contributed by atoms with Crippen LogP contribution in [0, 0.1) is 0 Å². The molecule has 0 bridgehead atoms. The maximum absolute atomic E-state index is 11.6. The number of hydrogen-bond acceptors (Lipinski definition) is 2. The number of allylic oxidation sites excluding steroid dienone is 1. The number of halogens is 2. The van der Waals surface area contributed by atoms with Gasteiger partial charge in [-0.3, -0.25) is 4.99 Å². The fourth-order valence-electron chi connectivity index (χ4n) is 0.501. The Morgan fingerprint density at radius 1 is 1.58 bits per heavy atom. The van der Waals surface area contributed by atoms with Gasteiger partial charge in [0.05, 0.1) is 5.71 Å². The summed E-state index contributed by atoms with van der Waals surface area (Å²) >= 11 is 0. The van der Waals surface area contributed by atoms with Gasteiger partial charge in [-0.05, 0) is 6.08 Å². The smallest absolute Gasteiger partial charge is 0.242 e. The second kappa shape index (κ2) is 6.67. The lowest BCUT2D eigenvalue weighted by Gasteiger charge is -1.91. The second-order valence-corrected chi connectivity index (χ2v) is 2.04. The van der Waals surface area contributed by atoms with Crippen LogP contribution in [0.25, 0.3) is 0 Å². The Hall–Kier alpha value is -1.03. The van der Waals surface area contributed by atoms with Crippen LogP contribution in [0.3, 0.4) is 0 Å². The number of alkyl halides is 2. The van der Waals surface area contributed by atoms with Crippen LogP contribution in [-0.2, 0) is 0 Å². The van der Waals surface area contributed by atoms with Crippen LogP contribution in [0.1, 0.15) is 6.42 Å². The zero-order valence-electron chi connectivity index (χ0n) is 6.71. The summed E-state index contributed by atoms with van der Waals surface area (Å²) in [5.41, 5.74) is 5.83. The molecule has 0 heterocycles. The van der Waals surface area contributed by atoms with Crippen LogP contribution < -0.4 is 5.73 Å². The predicted molar refractivity (Wildman–Crippen MR) is 46.4 cm³/mol. The normalized spacial score (nSPS) is 12.8. The second-order valence-electron chi connectivity index (χ2n) is 2.04. The molecule has 0 fully saturated rings. The lowest BCUT2D eigenvalue weighted by molar-refractivity contribution is 0.152. The third kappa shape index (κ3) is 5.73. The Kier molecular flexibility index (Phi) is 6.09. The molecule has 0 aromatic carbocycles. The fourth-order valence-corrected chi connectivity index (χ4v) is 0.501. The van der Waals surface area contributed by atoms with Crippen molar-refractivity contribution >= 4 is 5.71 Å². The molecular formula is C8H12F2N2. The van der Waals surface area contributed by atoms with Crippen LogP contribution >= 0.6 is 0 Å². The summed E-state index contributed by atoms with van der Waals surface area (Å²) in [4.78, 5) is 3.79. The summed E-state index contributed by atoms with van der Waals surface area (Å²) < 4.78 is 23.2. The average molecular weight is 174 g/mol. The molecule has 0 saturated carbocycles. The van der Waals surface area contributed by atoms with Gasteiger partial charge in [0.2, 0.25) is 6.43 Å². The first-order valence-corrected chi connectivity index (χ1v) is 3.53. The standard InChI is InChI=1S/C8H12F2N2/c1-2-7(6-11)12-5-3-4-8(9)10/h2-3,5,8H,1,4,6,11H2/b5-3-,12-7?. The van der Waals surface area contributed by atoms with Gasteiger partial charge in [-0.15, -0.1) is 0 Å². The summed E-state index contributed by atoms with van der Waals surface area (Å²) in [6.07, 6.45) is 1.51. The van der Waals surface area contributed by atoms with Gasteiger partial charge in [0, 0.05) is 19.2 Å². The topological polar surface area (TPSA) is 38.4 Å². The maximum atomic E-state index is 11.6. The van der Waals surface area contributed by atoms with E-state index in [9.17, 15) is 8.78 Å². The Balaban J connectivity index is 3.83. The molecule has 0 rings (SSSR count). The first kappa shape index (κ1) is 11.0. The number of rotatable bonds is 5. The van der Waals surface area contributed by atoms with Gasteiger partial charge < -0.3 is 5.73 Å². The number of nitrogens with zero attached hydrogens (tertiary/aromatic N) is 1. The lowest BCUT2D eigenvalue weighted by Crippen LogP contribution is -2.09. The van der Waals surface area contributed by atoms with Crippen molar-refractivity contribution in [2.45, 2.75) is 12.8 Å². The van der Waals surface area contributed by atoms with E-state index in [0.717, 1.165) is 0 Å². The number of aliphatic imine (C=N–C) groups is 1. The highest BCUT2D eigenvalue weighted by molar-refractivity contribution is 5.96. The largest absolute Gasteiger partial charge is 0.325 e. The molecule has 12 heavy (non-hydrogen) atoms. The molecule has 0 aliphatic rings. The molecular weight excluding hydrogens is 162 g/mol. The lowest BCUT2D eigenvalue weighted by atomic mass is 10.4. The fraction of sp³-hybridized carbons (Fsp3) is 0.375. The molecule has 0 radical (unpaired) electrons. The van der Waals surface area contributed by atoms with E-state index >= 15 is 0 Å². The van der Waals surface area contributed by atoms with E-state index in [-0.39, 0.29) is 13.0 Å². The highest BCUT2D eigenvalue weighted by Gasteiger charge is 1.95. The van der Waals surface area contributed by atoms with Gasteiger partial charge in [-0.25, -0.2) is 8.78 Å². The van der Waals surface area contributed by atoms with Crippen LogP contribution in [0.4, 0.5) is 8.78 Å². The van der Waals surface area contributed by atoms with Gasteiger partial charge in [0.25, 0.3) is 0 Å². The van der Waals surface area contributed by atoms with Crippen molar-refractivity contribution in [1.29, 1.82) is 0 Å². The summed E-state index contributed by atoms with van der Waals surface area (Å²) in [6.45, 7) is 3.72. The highest BCUT2D eigenvalue weighted by Crippen LogP contribution is 1.99. The minimum atomic E-state index is -2.32. The molecule has 0 aliphatic heterocycles. The molecule has 4 heteroatoms. The molecule has 2 N–H and O–H groups in total. The van der Waals surface area contributed by atoms with Crippen molar-refractivity contribution in [3.8, 4) is 0 Å². The van der Waals surface area contributed by atoms with Crippen LogP contribution in [0.15, 0.2) is 29.9 Å². The van der Waals surface area contributed by atoms with Crippen molar-refractivity contribution in [2.75, 3.05) is 6.54 Å². The Morgan fingerprint density at radius 3 is 2.67 bits per heavy atom. The molecule has 0 amide bonds. The molecule has 0 spiro atoms. The van der Waals surface area contributed by atoms with Crippen LogP contribution in [0.5, 0.6) is 0 Å². The SMILES string of the molecule is C=CC(CN)=N/C=C\CC(F)F. The van der Waals surface area contributed by atoms with E-state index in [1.54, 1.807) is 0 Å². The van der Waals surface area contributed by atoms with Gasteiger partial charge in [-0.2, -0.15) is 0 Å². The predicted octanol–water partition coefficient (Wildman–Crippen LogP) is 1.74. The van der Waals surface area contributed by atoms with Crippen molar-refractivity contribution in [3.63, 3.8) is 0 Å². The molecule has 0 aliphatic carbocycles. The number of hydrogen-bond donors (Lipinski definition) is 1. The van der Waals surface area contributed by atoms with E-state index in [1.165, 1.54) is 18.4 Å². The zero-order valence-corrected chi connectivity index (χ0v) is 6.71. The monoisotopic (exact) mass is 174 g/mol. The van der Waals surface area contributed by atoms with Crippen molar-refractivity contribution in [3.05, 3.63) is 24.9 Å². The molecule has 0 saturated heterocycles. The molecule has 68 valence electrons. The quantitative estimate of drug-likeness (QED) is 0.633. The van der Waals surface area contributed by atoms with Crippen molar-refractivity contribution in [1.82, 2.24) is 0 Å². The minimum absolute atomic E-state index is 0.266. The van der Waals surface area contributed by atoms with Crippen molar-refractivity contribution in [2.24, 2.45) is 10.7 Å². The Morgan fingerprint density at radius 2 is 2.25 bits per heavy atom. The Labute approximate surface area is 70.5 Å². The zero-order chi connectivity index (χ0) is 9.40. The molecule has 0 aromatic rings. The van der Waals surface area contributed by atoms with Crippen LogP contribution in [-0.4, -0.2) is 18.7 Å². The highest BCUT2D eigenvalue weighted by atomic mass is 19.3. The van der Waals surface area contributed by atoms with Gasteiger partial charge in [-0.1, -0.05) is 12.7 Å². The molecule has 0 aromatic heterocycles. The Bertz CT molecular complexity index is 185.